The van der Waals surface area contributed by atoms with E-state index in [1.807, 2.05) is 0 Å². The zero-order chi connectivity index (χ0) is 14.8. The normalized spacial score (nSPS) is 11.4. The van der Waals surface area contributed by atoms with Gasteiger partial charge in [-0.1, -0.05) is 6.07 Å². The van der Waals surface area contributed by atoms with E-state index in [9.17, 15) is 17.6 Å². The summed E-state index contributed by atoms with van der Waals surface area (Å²) in [7, 11) is 0. The minimum Gasteiger partial charge on any atom is -0.340 e. The molecule has 0 fully saturated rings. The van der Waals surface area contributed by atoms with E-state index in [1.54, 1.807) is 0 Å². The van der Waals surface area contributed by atoms with Crippen LogP contribution in [0.3, 0.4) is 0 Å². The lowest BCUT2D eigenvalue weighted by Gasteiger charge is -2.13. The highest BCUT2D eigenvalue weighted by Crippen LogP contribution is 2.30. The van der Waals surface area contributed by atoms with Gasteiger partial charge in [-0.3, -0.25) is 0 Å². The summed E-state index contributed by atoms with van der Waals surface area (Å²) in [5.74, 6) is -0.430. The van der Waals surface area contributed by atoms with Gasteiger partial charge in [0.05, 0.1) is 0 Å². The van der Waals surface area contributed by atoms with E-state index in [4.69, 9.17) is 5.73 Å². The Balaban J connectivity index is 2.35. The van der Waals surface area contributed by atoms with E-state index >= 15 is 0 Å². The molecule has 0 aliphatic heterocycles. The molecule has 0 saturated heterocycles. The molecule has 0 saturated carbocycles. The van der Waals surface area contributed by atoms with Gasteiger partial charge in [-0.15, -0.1) is 0 Å². The topological polar surface area (TPSA) is 50.9 Å². The molecule has 0 atom stereocenters. The molecule has 0 radical (unpaired) electrons. The monoisotopic (exact) mass is 285 g/mol. The molecule has 0 bridgehead atoms. The van der Waals surface area contributed by atoms with Gasteiger partial charge < -0.3 is 11.1 Å². The Bertz CT molecular complexity index is 594. The van der Waals surface area contributed by atoms with Gasteiger partial charge in [0.25, 0.3) is 0 Å². The molecule has 106 valence electrons. The van der Waals surface area contributed by atoms with Crippen molar-refractivity contribution >= 4 is 11.5 Å². The standard InChI is InChI=1S/C13H11F4N3/c14-9-2-4-10(5-3-9)19-12-8(7-18)1-6-11(20-12)13(15,16)17/h1-6H,7,18H2,(H,19,20). The number of anilines is 2. The average Bonchev–Trinajstić information content (AvgIpc) is 2.40. The number of hydrogen-bond donors (Lipinski definition) is 2. The minimum atomic E-state index is -4.54. The maximum atomic E-state index is 12.8. The SMILES string of the molecule is NCc1ccc(C(F)(F)F)nc1Nc1ccc(F)cc1. The van der Waals surface area contributed by atoms with Crippen molar-refractivity contribution in [3.05, 3.63) is 53.5 Å². The minimum absolute atomic E-state index is 0.00827. The van der Waals surface area contributed by atoms with E-state index in [1.165, 1.54) is 30.3 Å². The van der Waals surface area contributed by atoms with Crippen molar-refractivity contribution < 1.29 is 17.6 Å². The van der Waals surface area contributed by atoms with Crippen LogP contribution in [0, 0.1) is 5.82 Å². The fourth-order valence-electron chi connectivity index (χ4n) is 1.59. The van der Waals surface area contributed by atoms with Gasteiger partial charge in [0.2, 0.25) is 0 Å². The maximum absolute atomic E-state index is 12.8. The number of nitrogens with one attached hydrogen (secondary N) is 1. The summed E-state index contributed by atoms with van der Waals surface area (Å²) in [5.41, 5.74) is 5.31. The van der Waals surface area contributed by atoms with Crippen LogP contribution >= 0.6 is 0 Å². The van der Waals surface area contributed by atoms with Crippen LogP contribution in [-0.2, 0) is 12.7 Å². The molecule has 2 aromatic rings. The third-order valence-corrected chi connectivity index (χ3v) is 2.60. The molecule has 0 aliphatic carbocycles. The van der Waals surface area contributed by atoms with Gasteiger partial charge >= 0.3 is 6.18 Å². The highest BCUT2D eigenvalue weighted by molar-refractivity contribution is 5.59. The molecule has 1 aromatic heterocycles. The van der Waals surface area contributed by atoms with Gasteiger partial charge in [-0.25, -0.2) is 9.37 Å². The van der Waals surface area contributed by atoms with Crippen molar-refractivity contribution in [3.63, 3.8) is 0 Å². The Labute approximate surface area is 112 Å². The number of alkyl halides is 3. The molecule has 0 spiro atoms. The number of rotatable bonds is 3. The Kier molecular flexibility index (Phi) is 3.89. The Hall–Kier alpha value is -2.15. The lowest BCUT2D eigenvalue weighted by Crippen LogP contribution is -2.12. The number of aromatic nitrogens is 1. The van der Waals surface area contributed by atoms with Crippen LogP contribution in [0.25, 0.3) is 0 Å². The van der Waals surface area contributed by atoms with Crippen LogP contribution in [0.5, 0.6) is 0 Å². The number of pyridine rings is 1. The molecule has 1 aromatic carbocycles. The molecule has 20 heavy (non-hydrogen) atoms. The predicted octanol–water partition coefficient (Wildman–Crippen LogP) is 3.44. The van der Waals surface area contributed by atoms with Gasteiger partial charge in [0, 0.05) is 17.8 Å². The first-order valence-corrected chi connectivity index (χ1v) is 5.70. The molecule has 3 N–H and O–H groups in total. The number of nitrogens with zero attached hydrogens (tertiary/aromatic N) is 1. The number of nitrogens with two attached hydrogens (primary N) is 1. The van der Waals surface area contributed by atoms with Crippen molar-refractivity contribution in [2.75, 3.05) is 5.32 Å². The van der Waals surface area contributed by atoms with Crippen molar-refractivity contribution in [1.82, 2.24) is 4.98 Å². The molecule has 0 amide bonds. The zero-order valence-electron chi connectivity index (χ0n) is 10.2. The van der Waals surface area contributed by atoms with Crippen LogP contribution in [-0.4, -0.2) is 4.98 Å². The van der Waals surface area contributed by atoms with Gasteiger partial charge in [-0.05, 0) is 30.3 Å². The first-order valence-electron chi connectivity index (χ1n) is 5.70. The second-order valence-corrected chi connectivity index (χ2v) is 4.04. The summed E-state index contributed by atoms with van der Waals surface area (Å²) >= 11 is 0. The van der Waals surface area contributed by atoms with Crippen molar-refractivity contribution in [1.29, 1.82) is 0 Å². The van der Waals surface area contributed by atoms with E-state index in [2.05, 4.69) is 10.3 Å². The van der Waals surface area contributed by atoms with Crippen LogP contribution in [0.4, 0.5) is 29.1 Å². The summed E-state index contributed by atoms with van der Waals surface area (Å²) in [6.07, 6.45) is -4.54. The third kappa shape index (κ3) is 3.24. The van der Waals surface area contributed by atoms with Gasteiger partial charge in [0.1, 0.15) is 17.3 Å². The lowest BCUT2D eigenvalue weighted by atomic mass is 10.2. The second-order valence-electron chi connectivity index (χ2n) is 4.04. The molecular weight excluding hydrogens is 274 g/mol. The largest absolute Gasteiger partial charge is 0.433 e. The summed E-state index contributed by atoms with van der Waals surface area (Å²) in [6, 6.07) is 7.32. The first-order chi connectivity index (χ1) is 9.40. The Morgan fingerprint density at radius 2 is 1.70 bits per heavy atom. The molecule has 7 heteroatoms. The van der Waals surface area contributed by atoms with Crippen molar-refractivity contribution in [2.45, 2.75) is 12.7 Å². The van der Waals surface area contributed by atoms with Crippen LogP contribution in [0.15, 0.2) is 36.4 Å². The fraction of sp³-hybridized carbons (Fsp3) is 0.154. The molecule has 0 aliphatic rings. The highest BCUT2D eigenvalue weighted by atomic mass is 19.4. The summed E-state index contributed by atoms with van der Waals surface area (Å²) in [4.78, 5) is 3.52. The Morgan fingerprint density at radius 3 is 2.25 bits per heavy atom. The van der Waals surface area contributed by atoms with Gasteiger partial charge in [-0.2, -0.15) is 13.2 Å². The van der Waals surface area contributed by atoms with Crippen LogP contribution < -0.4 is 11.1 Å². The summed E-state index contributed by atoms with van der Waals surface area (Å²) in [5, 5.41) is 2.71. The number of benzene rings is 1. The summed E-state index contributed by atoms with van der Waals surface area (Å²) in [6.45, 7) is 0.0364. The third-order valence-electron chi connectivity index (χ3n) is 2.60. The van der Waals surface area contributed by atoms with E-state index in [0.29, 0.717) is 11.3 Å². The molecule has 2 rings (SSSR count). The maximum Gasteiger partial charge on any atom is 0.433 e. The van der Waals surface area contributed by atoms with Crippen molar-refractivity contribution in [3.8, 4) is 0 Å². The molecular formula is C13H11F4N3. The quantitative estimate of drug-likeness (QED) is 0.849. The lowest BCUT2D eigenvalue weighted by molar-refractivity contribution is -0.141. The Morgan fingerprint density at radius 1 is 1.05 bits per heavy atom. The molecule has 3 nitrogen and oxygen atoms in total. The zero-order valence-corrected chi connectivity index (χ0v) is 10.2. The number of hydrogen-bond acceptors (Lipinski definition) is 3. The van der Waals surface area contributed by atoms with Crippen LogP contribution in [0.1, 0.15) is 11.3 Å². The van der Waals surface area contributed by atoms with E-state index < -0.39 is 17.7 Å². The first kappa shape index (κ1) is 14.3. The number of halogens is 4. The second kappa shape index (κ2) is 5.46. The van der Waals surface area contributed by atoms with E-state index in [0.717, 1.165) is 6.07 Å². The van der Waals surface area contributed by atoms with Crippen molar-refractivity contribution in [2.24, 2.45) is 5.73 Å². The van der Waals surface area contributed by atoms with Crippen LogP contribution in [0.2, 0.25) is 0 Å². The smallest absolute Gasteiger partial charge is 0.340 e. The van der Waals surface area contributed by atoms with Gasteiger partial charge in [0.15, 0.2) is 0 Å². The summed E-state index contributed by atoms with van der Waals surface area (Å²) < 4.78 is 50.7. The fourth-order valence-corrected chi connectivity index (χ4v) is 1.59. The molecule has 0 unspecified atom stereocenters. The highest BCUT2D eigenvalue weighted by Gasteiger charge is 2.33. The predicted molar refractivity (Wildman–Crippen MR) is 66.8 cm³/mol. The van der Waals surface area contributed by atoms with E-state index in [-0.39, 0.29) is 12.4 Å². The molecule has 1 heterocycles. The average molecular weight is 285 g/mol.